The van der Waals surface area contributed by atoms with E-state index in [1.165, 1.54) is 32.0 Å². The first kappa shape index (κ1) is 9.44. The van der Waals surface area contributed by atoms with Crippen molar-refractivity contribution < 1.29 is 0 Å². The van der Waals surface area contributed by atoms with Gasteiger partial charge in [-0.15, -0.1) is 0 Å². The van der Waals surface area contributed by atoms with E-state index in [0.29, 0.717) is 0 Å². The Morgan fingerprint density at radius 3 is 2.64 bits per heavy atom. The predicted octanol–water partition coefficient (Wildman–Crippen LogP) is 1.82. The molecule has 3 nitrogen and oxygen atoms in total. The van der Waals surface area contributed by atoms with E-state index >= 15 is 0 Å². The Morgan fingerprint density at radius 1 is 1.07 bits per heavy atom. The molecular formula is C11H16N2O. The van der Waals surface area contributed by atoms with Crippen molar-refractivity contribution in [2.75, 3.05) is 0 Å². The van der Waals surface area contributed by atoms with Crippen LogP contribution in [0.4, 0.5) is 0 Å². The lowest BCUT2D eigenvalue weighted by Crippen LogP contribution is -2.16. The van der Waals surface area contributed by atoms with Gasteiger partial charge >= 0.3 is 0 Å². The average molecular weight is 192 g/mol. The molecule has 0 spiro atoms. The van der Waals surface area contributed by atoms with Crippen LogP contribution in [0.15, 0.2) is 11.1 Å². The molecule has 76 valence electrons. The first-order valence-corrected chi connectivity index (χ1v) is 5.43. The predicted molar refractivity (Wildman–Crippen MR) is 55.4 cm³/mol. The Balaban J connectivity index is 2.31. The highest BCUT2D eigenvalue weighted by Gasteiger charge is 2.09. The number of rotatable bonds is 0. The third-order valence-corrected chi connectivity index (χ3v) is 2.88. The first-order chi connectivity index (χ1) is 6.88. The van der Waals surface area contributed by atoms with Gasteiger partial charge in [-0.2, -0.15) is 0 Å². The van der Waals surface area contributed by atoms with Gasteiger partial charge in [0, 0.05) is 5.56 Å². The molecule has 2 rings (SSSR count). The number of nitrogens with zero attached hydrogens (tertiary/aromatic N) is 1. The van der Waals surface area contributed by atoms with Crippen molar-refractivity contribution >= 4 is 0 Å². The molecule has 0 fully saturated rings. The molecule has 1 aliphatic rings. The molecule has 0 aliphatic heterocycles. The molecule has 0 atom stereocenters. The van der Waals surface area contributed by atoms with Crippen LogP contribution in [-0.4, -0.2) is 9.97 Å². The zero-order valence-corrected chi connectivity index (χ0v) is 8.38. The summed E-state index contributed by atoms with van der Waals surface area (Å²) in [5.74, 6) is 0. The summed E-state index contributed by atoms with van der Waals surface area (Å²) in [5, 5.41) is 0. The fraction of sp³-hybridized carbons (Fsp3) is 0.636. The van der Waals surface area contributed by atoms with Crippen LogP contribution in [-0.2, 0) is 12.8 Å². The maximum absolute atomic E-state index is 11.5. The molecule has 0 unspecified atom stereocenters. The van der Waals surface area contributed by atoms with Gasteiger partial charge in [-0.3, -0.25) is 4.79 Å². The number of aromatic nitrogens is 2. The number of H-pyrrole nitrogens is 1. The van der Waals surface area contributed by atoms with E-state index < -0.39 is 0 Å². The molecule has 14 heavy (non-hydrogen) atoms. The van der Waals surface area contributed by atoms with Crippen LogP contribution >= 0.6 is 0 Å². The summed E-state index contributed by atoms with van der Waals surface area (Å²) in [5.41, 5.74) is 2.02. The topological polar surface area (TPSA) is 45.8 Å². The normalized spacial score (nSPS) is 17.7. The lowest BCUT2D eigenvalue weighted by Gasteiger charge is -2.03. The zero-order chi connectivity index (χ0) is 9.80. The third-order valence-electron chi connectivity index (χ3n) is 2.88. The fourth-order valence-corrected chi connectivity index (χ4v) is 2.06. The summed E-state index contributed by atoms with van der Waals surface area (Å²) in [6, 6.07) is 0. The van der Waals surface area contributed by atoms with E-state index in [2.05, 4.69) is 9.97 Å². The van der Waals surface area contributed by atoms with Crippen LogP contribution in [0.5, 0.6) is 0 Å². The lowest BCUT2D eigenvalue weighted by molar-refractivity contribution is 0.628. The molecule has 1 aromatic heterocycles. The van der Waals surface area contributed by atoms with Crippen molar-refractivity contribution in [1.82, 2.24) is 9.97 Å². The monoisotopic (exact) mass is 192 g/mol. The zero-order valence-electron chi connectivity index (χ0n) is 8.38. The first-order valence-electron chi connectivity index (χ1n) is 5.43. The van der Waals surface area contributed by atoms with E-state index in [-0.39, 0.29) is 5.56 Å². The van der Waals surface area contributed by atoms with Crippen LogP contribution in [0.25, 0.3) is 0 Å². The molecule has 0 radical (unpaired) electrons. The van der Waals surface area contributed by atoms with E-state index in [0.717, 1.165) is 30.5 Å². The number of aryl methyl sites for hydroxylation is 1. The Hall–Kier alpha value is -1.12. The highest BCUT2D eigenvalue weighted by Crippen LogP contribution is 2.14. The highest BCUT2D eigenvalue weighted by atomic mass is 16.1. The van der Waals surface area contributed by atoms with Gasteiger partial charge in [0.15, 0.2) is 0 Å². The second kappa shape index (κ2) is 4.40. The summed E-state index contributed by atoms with van der Waals surface area (Å²) >= 11 is 0. The molecule has 3 heteroatoms. The van der Waals surface area contributed by atoms with Gasteiger partial charge in [0.25, 0.3) is 5.56 Å². The lowest BCUT2D eigenvalue weighted by atomic mass is 10.1. The van der Waals surface area contributed by atoms with Crippen molar-refractivity contribution in [2.24, 2.45) is 0 Å². The van der Waals surface area contributed by atoms with Crippen LogP contribution in [0, 0.1) is 0 Å². The maximum atomic E-state index is 11.5. The van der Waals surface area contributed by atoms with Crippen LogP contribution in [0.1, 0.15) is 43.4 Å². The van der Waals surface area contributed by atoms with Gasteiger partial charge in [-0.1, -0.05) is 19.3 Å². The average Bonchev–Trinajstić information content (AvgIpc) is 2.30. The van der Waals surface area contributed by atoms with Crippen molar-refractivity contribution in [3.05, 3.63) is 27.9 Å². The van der Waals surface area contributed by atoms with Gasteiger partial charge in [-0.05, 0) is 25.7 Å². The summed E-state index contributed by atoms with van der Waals surface area (Å²) in [6.45, 7) is 0. The number of fused-ring (bicyclic) bond motifs is 1. The molecular weight excluding hydrogens is 176 g/mol. The quantitative estimate of drug-likeness (QED) is 0.681. The Bertz CT molecular complexity index is 357. The minimum atomic E-state index is 0.0666. The standard InChI is InChI=1S/C11H16N2O/c14-11-9-6-4-2-1-3-5-7-10(9)12-8-13-11/h8H,1-7H2,(H,12,13,14). The minimum absolute atomic E-state index is 0.0666. The van der Waals surface area contributed by atoms with Gasteiger partial charge in [-0.25, -0.2) is 4.98 Å². The van der Waals surface area contributed by atoms with Gasteiger partial charge in [0.05, 0.1) is 12.0 Å². The second-order valence-corrected chi connectivity index (χ2v) is 3.92. The summed E-state index contributed by atoms with van der Waals surface area (Å²) in [7, 11) is 0. The van der Waals surface area contributed by atoms with Crippen LogP contribution in [0.2, 0.25) is 0 Å². The van der Waals surface area contributed by atoms with Crippen molar-refractivity contribution in [2.45, 2.75) is 44.9 Å². The Labute approximate surface area is 83.6 Å². The SMILES string of the molecule is O=c1[nH]cnc2c1CCCCCCC2. The van der Waals surface area contributed by atoms with Gasteiger partial charge < -0.3 is 4.98 Å². The molecule has 1 N–H and O–H groups in total. The Morgan fingerprint density at radius 2 is 1.79 bits per heavy atom. The van der Waals surface area contributed by atoms with Gasteiger partial charge in [0.1, 0.15) is 0 Å². The minimum Gasteiger partial charge on any atom is -0.313 e. The number of hydrogen-bond acceptors (Lipinski definition) is 2. The number of nitrogens with one attached hydrogen (secondary N) is 1. The number of hydrogen-bond donors (Lipinski definition) is 1. The van der Waals surface area contributed by atoms with Crippen LogP contribution < -0.4 is 5.56 Å². The van der Waals surface area contributed by atoms with E-state index in [1.54, 1.807) is 0 Å². The Kier molecular flexibility index (Phi) is 2.96. The van der Waals surface area contributed by atoms with Gasteiger partial charge in [0.2, 0.25) is 0 Å². The largest absolute Gasteiger partial charge is 0.313 e. The molecule has 0 saturated carbocycles. The van der Waals surface area contributed by atoms with Crippen molar-refractivity contribution in [1.29, 1.82) is 0 Å². The third kappa shape index (κ3) is 2.03. The molecule has 0 aromatic carbocycles. The summed E-state index contributed by atoms with van der Waals surface area (Å²) < 4.78 is 0. The van der Waals surface area contributed by atoms with E-state index in [4.69, 9.17) is 0 Å². The molecule has 0 amide bonds. The second-order valence-electron chi connectivity index (χ2n) is 3.92. The van der Waals surface area contributed by atoms with Crippen LogP contribution in [0.3, 0.4) is 0 Å². The highest BCUT2D eigenvalue weighted by molar-refractivity contribution is 5.16. The fourth-order valence-electron chi connectivity index (χ4n) is 2.06. The van der Waals surface area contributed by atoms with Crippen molar-refractivity contribution in [3.8, 4) is 0 Å². The maximum Gasteiger partial charge on any atom is 0.254 e. The summed E-state index contributed by atoms with van der Waals surface area (Å²) in [6.07, 6.45) is 9.51. The molecule has 1 aliphatic carbocycles. The van der Waals surface area contributed by atoms with Crippen molar-refractivity contribution in [3.63, 3.8) is 0 Å². The van der Waals surface area contributed by atoms with E-state index in [1.807, 2.05) is 0 Å². The molecule has 1 heterocycles. The molecule has 0 bridgehead atoms. The number of aromatic amines is 1. The molecule has 1 aromatic rings. The summed E-state index contributed by atoms with van der Waals surface area (Å²) in [4.78, 5) is 18.5. The van der Waals surface area contributed by atoms with E-state index in [9.17, 15) is 4.79 Å². The molecule has 0 saturated heterocycles. The smallest absolute Gasteiger partial charge is 0.254 e.